The summed E-state index contributed by atoms with van der Waals surface area (Å²) in [7, 11) is 0. The van der Waals surface area contributed by atoms with Crippen LogP contribution in [0.5, 0.6) is 0 Å². The number of aryl methyl sites for hydroxylation is 3. The second-order valence-corrected chi connectivity index (χ2v) is 24.1. The number of β-amino-alcohol motifs (C(OH)–C–C–N with tert-alkyl or cyclic N) is 1. The molecule has 4 aliphatic rings. The Morgan fingerprint density at radius 2 is 1.62 bits per heavy atom. The minimum atomic E-state index is -1.22. The highest BCUT2D eigenvalue weighted by Gasteiger charge is 2.46. The van der Waals surface area contributed by atoms with E-state index in [1.54, 1.807) is 27.6 Å². The number of amides is 3. The summed E-state index contributed by atoms with van der Waals surface area (Å²) in [5.74, 6) is 0.986. The molecule has 4 N–H and O–H groups in total. The van der Waals surface area contributed by atoms with Gasteiger partial charge in [-0.1, -0.05) is 68.8 Å². The van der Waals surface area contributed by atoms with Crippen molar-refractivity contribution in [3.63, 3.8) is 0 Å². The van der Waals surface area contributed by atoms with E-state index in [9.17, 15) is 24.6 Å². The topological polar surface area (TPSA) is 185 Å². The first-order valence-corrected chi connectivity index (χ1v) is 27.7. The van der Waals surface area contributed by atoms with E-state index in [1.165, 1.54) is 4.88 Å². The third kappa shape index (κ3) is 11.2. The van der Waals surface area contributed by atoms with Crippen LogP contribution in [-0.2, 0) is 14.4 Å². The van der Waals surface area contributed by atoms with E-state index in [2.05, 4.69) is 61.0 Å². The normalized spacial score (nSPS) is 22.5. The molecule has 390 valence electrons. The molecule has 3 aromatic heterocycles. The Hall–Kier alpha value is -4.92. The van der Waals surface area contributed by atoms with Crippen molar-refractivity contribution in [2.24, 2.45) is 10.4 Å². The largest absolute Gasteiger partial charge is 0.392 e. The maximum atomic E-state index is 14.2. The van der Waals surface area contributed by atoms with Crippen molar-refractivity contribution in [3.8, 4) is 15.4 Å². The number of likely N-dealkylation sites (tertiary alicyclic amines) is 2. The van der Waals surface area contributed by atoms with Gasteiger partial charge in [0, 0.05) is 72.4 Å². The van der Waals surface area contributed by atoms with Gasteiger partial charge in [0.2, 0.25) is 17.7 Å². The number of aliphatic imine (C=N–C) groups is 1. The van der Waals surface area contributed by atoms with Crippen molar-refractivity contribution in [2.75, 3.05) is 45.8 Å². The number of rotatable bonds is 13. The van der Waals surface area contributed by atoms with E-state index in [0.29, 0.717) is 36.5 Å². The molecule has 7 atom stereocenters. The molecule has 3 amide bonds. The predicted molar refractivity (Wildman–Crippen MR) is 287 cm³/mol. The van der Waals surface area contributed by atoms with Crippen LogP contribution in [0.15, 0.2) is 59.0 Å². The smallest absolute Gasteiger partial charge is 0.238 e. The van der Waals surface area contributed by atoms with Crippen molar-refractivity contribution in [1.29, 1.82) is 0 Å². The maximum Gasteiger partial charge on any atom is 0.238 e. The standard InChI is InChI=1S/C54H70ClN11O5S2/c1-30-26-64(40-18-20-62(21-19-40)45(69)25-42-50-61-60-35(6)66(50)53-46(31(2)34(5)73-53)47(58-42)37-14-16-39(55)17-15-37)23-22-63(30)28-44(68)59-49(54(7,8)9)52(71)65-27-41(67)24-43(65)51(70)57-32(3)36-10-12-38(13-11-36)48-33(4)56-29-72-48/h10-17,29-30,32,40-43,49,52,67,71H,18-28H2,1-9H3,(H,57,70)(H,59,68)/t30-,32-,41+,42-,43-,49+,52?/m0/s1. The number of nitrogens with one attached hydrogen (secondary N) is 2. The summed E-state index contributed by atoms with van der Waals surface area (Å²) in [6.45, 7) is 22.0. The number of aromatic nitrogens is 4. The molecule has 4 aliphatic heterocycles. The van der Waals surface area contributed by atoms with Gasteiger partial charge < -0.3 is 25.7 Å². The maximum absolute atomic E-state index is 14.2. The number of halogens is 1. The second-order valence-electron chi connectivity index (χ2n) is 21.6. The zero-order chi connectivity index (χ0) is 52.0. The highest BCUT2D eigenvalue weighted by atomic mass is 35.5. The quantitative estimate of drug-likeness (QED) is 0.0975. The SMILES string of the molecule is Cc1ncsc1-c1ccc([C@H](C)NC(=O)[C@@H]2C[C@@H](O)CN2C(O)[C@@H](NC(=O)CN2CCN(C3CCN(C(=O)C[C@@H]4N=C(c5ccc(Cl)cc5)c5c(sc(C)c5C)-n5c(C)nnc54)CC3)C[C@@H]2C)C(C)(C)C)cc1. The van der Waals surface area contributed by atoms with Crippen LogP contribution in [0.25, 0.3) is 15.4 Å². The summed E-state index contributed by atoms with van der Waals surface area (Å²) >= 11 is 9.60. The summed E-state index contributed by atoms with van der Waals surface area (Å²) in [6, 6.07) is 13.8. The highest BCUT2D eigenvalue weighted by molar-refractivity contribution is 7.15. The van der Waals surface area contributed by atoms with Crippen LogP contribution < -0.4 is 10.6 Å². The molecule has 0 bridgehead atoms. The van der Waals surface area contributed by atoms with Gasteiger partial charge in [0.05, 0.1) is 59.0 Å². The number of hydrogen-bond donors (Lipinski definition) is 4. The van der Waals surface area contributed by atoms with E-state index in [0.717, 1.165) is 80.9 Å². The van der Waals surface area contributed by atoms with E-state index in [1.807, 2.05) is 100 Å². The molecule has 7 heterocycles. The van der Waals surface area contributed by atoms with Gasteiger partial charge in [-0.05, 0) is 95.0 Å². The van der Waals surface area contributed by atoms with Crippen LogP contribution in [0.3, 0.4) is 0 Å². The van der Waals surface area contributed by atoms with E-state index in [-0.39, 0.29) is 55.7 Å². The lowest BCUT2D eigenvalue weighted by molar-refractivity contribution is -0.136. The van der Waals surface area contributed by atoms with E-state index >= 15 is 0 Å². The Morgan fingerprint density at radius 3 is 2.27 bits per heavy atom. The zero-order valence-corrected chi connectivity index (χ0v) is 45.8. The number of aliphatic hydroxyl groups excluding tert-OH is 2. The molecule has 0 saturated carbocycles. The number of thiophene rings is 1. The van der Waals surface area contributed by atoms with Crippen molar-refractivity contribution >= 4 is 57.7 Å². The van der Waals surface area contributed by atoms with Crippen molar-refractivity contribution in [1.82, 2.24) is 50.0 Å². The number of thiazole rings is 1. The van der Waals surface area contributed by atoms with Crippen molar-refractivity contribution in [2.45, 2.75) is 137 Å². The second kappa shape index (κ2) is 21.7. The molecule has 5 aromatic rings. The third-order valence-electron chi connectivity index (χ3n) is 15.5. The third-order valence-corrected chi connectivity index (χ3v) is 17.9. The molecule has 0 radical (unpaired) electrons. The Kier molecular flexibility index (Phi) is 15.8. The highest BCUT2D eigenvalue weighted by Crippen LogP contribution is 2.40. The number of nitrogens with zero attached hydrogens (tertiary/aromatic N) is 9. The van der Waals surface area contributed by atoms with Crippen LogP contribution in [0, 0.1) is 33.1 Å². The number of aliphatic hydroxyl groups is 2. The fraction of sp³-hybridized carbons (Fsp3) is 0.537. The fourth-order valence-electron chi connectivity index (χ4n) is 11.1. The molecule has 3 fully saturated rings. The number of carbonyl (C=O) groups is 3. The van der Waals surface area contributed by atoms with Gasteiger partial charge in [0.25, 0.3) is 0 Å². The van der Waals surface area contributed by atoms with Crippen molar-refractivity contribution < 1.29 is 24.6 Å². The Morgan fingerprint density at radius 1 is 0.918 bits per heavy atom. The lowest BCUT2D eigenvalue weighted by Crippen LogP contribution is -2.62. The average molecular weight is 1050 g/mol. The first-order chi connectivity index (χ1) is 34.7. The summed E-state index contributed by atoms with van der Waals surface area (Å²) in [5.41, 5.74) is 8.19. The summed E-state index contributed by atoms with van der Waals surface area (Å²) < 4.78 is 2.08. The van der Waals surface area contributed by atoms with Gasteiger partial charge in [-0.25, -0.2) is 4.98 Å². The minimum Gasteiger partial charge on any atom is -0.392 e. The molecule has 9 rings (SSSR count). The van der Waals surface area contributed by atoms with Crippen LogP contribution >= 0.6 is 34.3 Å². The molecule has 16 nitrogen and oxygen atoms in total. The summed E-state index contributed by atoms with van der Waals surface area (Å²) in [5, 5.41) is 39.9. The number of piperidine rings is 1. The van der Waals surface area contributed by atoms with Crippen LogP contribution in [0.2, 0.25) is 5.02 Å². The average Bonchev–Trinajstić information content (AvgIpc) is 4.13. The zero-order valence-electron chi connectivity index (χ0n) is 43.4. The number of benzene rings is 2. The summed E-state index contributed by atoms with van der Waals surface area (Å²) in [4.78, 5) is 62.3. The molecule has 1 unspecified atom stereocenters. The number of piperazine rings is 1. The fourth-order valence-corrected chi connectivity index (χ4v) is 13.3. The van der Waals surface area contributed by atoms with Crippen LogP contribution in [0.1, 0.15) is 117 Å². The molecule has 2 aromatic carbocycles. The molecular weight excluding hydrogens is 982 g/mol. The van der Waals surface area contributed by atoms with Crippen LogP contribution in [-0.4, -0.2) is 155 Å². The van der Waals surface area contributed by atoms with Gasteiger partial charge in [-0.15, -0.1) is 32.9 Å². The Labute approximate surface area is 441 Å². The monoisotopic (exact) mass is 1050 g/mol. The molecule has 19 heteroatoms. The first-order valence-electron chi connectivity index (χ1n) is 25.6. The van der Waals surface area contributed by atoms with Crippen molar-refractivity contribution in [3.05, 3.63) is 104 Å². The molecule has 73 heavy (non-hydrogen) atoms. The molecule has 3 saturated heterocycles. The van der Waals surface area contributed by atoms with Gasteiger partial charge in [-0.2, -0.15) is 0 Å². The van der Waals surface area contributed by atoms with Crippen LogP contribution in [0.4, 0.5) is 0 Å². The Bertz CT molecular complexity index is 2830. The lowest BCUT2D eigenvalue weighted by Gasteiger charge is -2.46. The van der Waals surface area contributed by atoms with E-state index < -0.39 is 35.9 Å². The molecule has 0 spiro atoms. The van der Waals surface area contributed by atoms with Gasteiger partial charge >= 0.3 is 0 Å². The van der Waals surface area contributed by atoms with E-state index in [4.69, 9.17) is 16.6 Å². The minimum absolute atomic E-state index is 0.0467. The van der Waals surface area contributed by atoms with Gasteiger partial charge in [-0.3, -0.25) is 38.6 Å². The summed E-state index contributed by atoms with van der Waals surface area (Å²) in [6.07, 6.45) is 0.0198. The lowest BCUT2D eigenvalue weighted by atomic mass is 9.84. The number of carbonyl (C=O) groups excluding carboxylic acids is 3. The molecule has 0 aliphatic carbocycles. The van der Waals surface area contributed by atoms with Gasteiger partial charge in [0.15, 0.2) is 5.82 Å². The molecular formula is C54H70ClN11O5S2. The number of hydrogen-bond acceptors (Lipinski definition) is 14. The number of fused-ring (bicyclic) bond motifs is 3. The predicted octanol–water partition coefficient (Wildman–Crippen LogP) is 6.78. The van der Waals surface area contributed by atoms with Gasteiger partial charge in [0.1, 0.15) is 23.1 Å². The Balaban J connectivity index is 0.778. The first kappa shape index (κ1) is 52.9.